The van der Waals surface area contributed by atoms with Crippen LogP contribution in [0.25, 0.3) is 0 Å². The van der Waals surface area contributed by atoms with Crippen molar-refractivity contribution in [1.29, 1.82) is 0 Å². The van der Waals surface area contributed by atoms with Crippen molar-refractivity contribution in [2.45, 2.75) is 12.3 Å². The van der Waals surface area contributed by atoms with Crippen LogP contribution in [0, 0.1) is 0 Å². The molecule has 0 aliphatic heterocycles. The van der Waals surface area contributed by atoms with E-state index in [4.69, 9.17) is 27.9 Å². The highest BCUT2D eigenvalue weighted by Crippen LogP contribution is 2.30. The Hall–Kier alpha value is 0.240. The lowest BCUT2D eigenvalue weighted by Gasteiger charge is -2.29. The smallest absolute Gasteiger partial charge is 0.0585 e. The van der Waals surface area contributed by atoms with Crippen molar-refractivity contribution in [2.24, 2.45) is 0 Å². The summed E-state index contributed by atoms with van der Waals surface area (Å²) in [6.45, 7) is 3.19. The predicted molar refractivity (Wildman–Crippen MR) is 73.8 cm³/mol. The summed E-state index contributed by atoms with van der Waals surface area (Å²) in [5.74, 6) is 0.903. The highest BCUT2D eigenvalue weighted by Gasteiger charge is 2.31. The van der Waals surface area contributed by atoms with Crippen LogP contribution >= 0.6 is 39.1 Å². The largest absolute Gasteiger partial charge is 0.381 e. The third kappa shape index (κ3) is 3.36. The van der Waals surface area contributed by atoms with Gasteiger partial charge in [0.1, 0.15) is 0 Å². The van der Waals surface area contributed by atoms with E-state index >= 15 is 0 Å². The van der Waals surface area contributed by atoms with Gasteiger partial charge in [0.25, 0.3) is 0 Å². The van der Waals surface area contributed by atoms with Crippen LogP contribution in [-0.2, 0) is 10.2 Å². The molecule has 90 valence electrons. The first-order valence-corrected chi connectivity index (χ1v) is 7.00. The first kappa shape index (κ1) is 14.3. The van der Waals surface area contributed by atoms with Crippen LogP contribution in [0.4, 0.5) is 0 Å². The zero-order valence-electron chi connectivity index (χ0n) is 9.18. The number of ether oxygens (including phenoxy) is 1. The molecule has 1 aromatic carbocycles. The maximum absolute atomic E-state index is 6.07. The van der Waals surface area contributed by atoms with Gasteiger partial charge < -0.3 is 4.74 Å². The van der Waals surface area contributed by atoms with Gasteiger partial charge in [-0.25, -0.2) is 0 Å². The molecule has 0 spiro atoms. The van der Waals surface area contributed by atoms with Crippen LogP contribution in [0.15, 0.2) is 28.7 Å². The second-order valence-electron chi connectivity index (χ2n) is 3.70. The van der Waals surface area contributed by atoms with Gasteiger partial charge in [-0.2, -0.15) is 0 Å². The highest BCUT2D eigenvalue weighted by atomic mass is 79.9. The number of hydrogen-bond donors (Lipinski definition) is 0. The Morgan fingerprint density at radius 1 is 1.31 bits per heavy atom. The summed E-state index contributed by atoms with van der Waals surface area (Å²) in [6.07, 6.45) is 0. The van der Waals surface area contributed by atoms with Crippen LogP contribution in [0.3, 0.4) is 0 Å². The minimum Gasteiger partial charge on any atom is -0.381 e. The summed E-state index contributed by atoms with van der Waals surface area (Å²) < 4.78 is 6.52. The summed E-state index contributed by atoms with van der Waals surface area (Å²) in [4.78, 5) is 0. The van der Waals surface area contributed by atoms with Gasteiger partial charge in [0, 0.05) is 28.3 Å². The number of alkyl halides is 2. The maximum Gasteiger partial charge on any atom is 0.0585 e. The fraction of sp³-hybridized carbons (Fsp3) is 0.500. The number of hydrogen-bond acceptors (Lipinski definition) is 1. The minimum atomic E-state index is -0.303. The molecule has 0 saturated heterocycles. The second-order valence-corrected chi connectivity index (χ2v) is 5.15. The van der Waals surface area contributed by atoms with E-state index in [9.17, 15) is 0 Å². The fourth-order valence-electron chi connectivity index (χ4n) is 1.47. The van der Waals surface area contributed by atoms with Crippen molar-refractivity contribution >= 4 is 39.1 Å². The molecule has 0 aliphatic carbocycles. The Bertz CT molecular complexity index is 327. The molecule has 1 nitrogen and oxygen atoms in total. The highest BCUT2D eigenvalue weighted by molar-refractivity contribution is 9.10. The third-order valence-corrected chi connectivity index (χ3v) is 4.05. The summed E-state index contributed by atoms with van der Waals surface area (Å²) >= 11 is 15.6. The Morgan fingerprint density at radius 2 is 2.00 bits per heavy atom. The number of halogens is 3. The molecule has 0 aliphatic rings. The van der Waals surface area contributed by atoms with E-state index in [1.54, 1.807) is 0 Å². The Labute approximate surface area is 115 Å². The molecular weight excluding hydrogens is 311 g/mol. The van der Waals surface area contributed by atoms with Crippen LogP contribution in [-0.4, -0.2) is 25.0 Å². The van der Waals surface area contributed by atoms with Gasteiger partial charge in [-0.15, -0.1) is 23.2 Å². The van der Waals surface area contributed by atoms with Crippen molar-refractivity contribution in [2.75, 3.05) is 25.0 Å². The lowest BCUT2D eigenvalue weighted by atomic mass is 9.85. The molecule has 16 heavy (non-hydrogen) atoms. The average molecular weight is 326 g/mol. The molecule has 0 bridgehead atoms. The van der Waals surface area contributed by atoms with Gasteiger partial charge in [0.2, 0.25) is 0 Å². The monoisotopic (exact) mass is 324 g/mol. The normalized spacial score (nSPS) is 11.8. The lowest BCUT2D eigenvalue weighted by molar-refractivity contribution is 0.108. The summed E-state index contributed by atoms with van der Waals surface area (Å²) in [5, 5.41) is 0. The molecule has 0 amide bonds. The van der Waals surface area contributed by atoms with Crippen molar-refractivity contribution in [3.8, 4) is 0 Å². The quantitative estimate of drug-likeness (QED) is 0.712. The van der Waals surface area contributed by atoms with Crippen LogP contribution in [0.5, 0.6) is 0 Å². The molecule has 0 fully saturated rings. The van der Waals surface area contributed by atoms with E-state index in [-0.39, 0.29) is 5.41 Å². The summed E-state index contributed by atoms with van der Waals surface area (Å²) in [5.41, 5.74) is 0.809. The molecule has 0 radical (unpaired) electrons. The minimum absolute atomic E-state index is 0.303. The standard InChI is InChI=1S/C12H15BrCl2O/c1-2-16-9-12(7-14,8-15)10-4-3-5-11(13)6-10/h3-6H,2,7-9H2,1H3. The van der Waals surface area contributed by atoms with E-state index in [2.05, 4.69) is 15.9 Å². The third-order valence-electron chi connectivity index (χ3n) is 2.53. The molecule has 0 unspecified atom stereocenters. The molecule has 0 aromatic heterocycles. The lowest BCUT2D eigenvalue weighted by Crippen LogP contribution is -2.36. The van der Waals surface area contributed by atoms with Crippen LogP contribution in [0.2, 0.25) is 0 Å². The first-order chi connectivity index (χ1) is 7.68. The molecule has 0 heterocycles. The average Bonchev–Trinajstić information content (AvgIpc) is 2.31. The molecular formula is C12H15BrCl2O. The number of benzene rings is 1. The van der Waals surface area contributed by atoms with Crippen molar-refractivity contribution in [3.63, 3.8) is 0 Å². The van der Waals surface area contributed by atoms with E-state index in [0.717, 1.165) is 10.0 Å². The van der Waals surface area contributed by atoms with Gasteiger partial charge in [-0.3, -0.25) is 0 Å². The van der Waals surface area contributed by atoms with Gasteiger partial charge >= 0.3 is 0 Å². The van der Waals surface area contributed by atoms with Gasteiger partial charge in [-0.1, -0.05) is 28.1 Å². The van der Waals surface area contributed by atoms with Crippen molar-refractivity contribution in [3.05, 3.63) is 34.3 Å². The van der Waals surface area contributed by atoms with Crippen molar-refractivity contribution < 1.29 is 4.74 Å². The van der Waals surface area contributed by atoms with E-state index < -0.39 is 0 Å². The van der Waals surface area contributed by atoms with Gasteiger partial charge in [0.05, 0.1) is 6.61 Å². The molecule has 0 atom stereocenters. The first-order valence-electron chi connectivity index (χ1n) is 5.14. The number of rotatable bonds is 6. The van der Waals surface area contributed by atoms with Crippen molar-refractivity contribution in [1.82, 2.24) is 0 Å². The Morgan fingerprint density at radius 3 is 2.50 bits per heavy atom. The second kappa shape index (κ2) is 6.85. The molecule has 0 saturated carbocycles. The van der Waals surface area contributed by atoms with E-state index in [0.29, 0.717) is 25.0 Å². The zero-order chi connectivity index (χ0) is 12.0. The zero-order valence-corrected chi connectivity index (χ0v) is 12.3. The molecule has 0 N–H and O–H groups in total. The maximum atomic E-state index is 6.07. The topological polar surface area (TPSA) is 9.23 Å². The van der Waals surface area contributed by atoms with Gasteiger partial charge in [-0.05, 0) is 24.6 Å². The summed E-state index contributed by atoms with van der Waals surface area (Å²) in [6, 6.07) is 8.05. The Balaban J connectivity index is 2.99. The Kier molecular flexibility index (Phi) is 6.12. The van der Waals surface area contributed by atoms with Crippen LogP contribution < -0.4 is 0 Å². The van der Waals surface area contributed by atoms with Crippen LogP contribution in [0.1, 0.15) is 12.5 Å². The SMILES string of the molecule is CCOCC(CCl)(CCl)c1cccc(Br)c1. The molecule has 1 aromatic rings. The summed E-state index contributed by atoms with van der Waals surface area (Å²) in [7, 11) is 0. The predicted octanol–water partition coefficient (Wildman–Crippen LogP) is 4.20. The fourth-order valence-corrected chi connectivity index (χ4v) is 2.61. The van der Waals surface area contributed by atoms with E-state index in [1.165, 1.54) is 0 Å². The molecule has 4 heteroatoms. The van der Waals surface area contributed by atoms with E-state index in [1.807, 2.05) is 31.2 Å². The van der Waals surface area contributed by atoms with Gasteiger partial charge in [0.15, 0.2) is 0 Å². The molecule has 1 rings (SSSR count).